The van der Waals surface area contributed by atoms with Crippen LogP contribution < -0.4 is 4.90 Å². The van der Waals surface area contributed by atoms with Crippen LogP contribution in [0.25, 0.3) is 11.3 Å². The second kappa shape index (κ2) is 10.6. The Kier molecular flexibility index (Phi) is 7.42. The van der Waals surface area contributed by atoms with Gasteiger partial charge in [0.2, 0.25) is 11.8 Å². The predicted molar refractivity (Wildman–Crippen MR) is 129 cm³/mol. The van der Waals surface area contributed by atoms with Crippen LogP contribution in [-0.4, -0.2) is 68.3 Å². The molecule has 1 amide bonds. The van der Waals surface area contributed by atoms with E-state index in [1.165, 1.54) is 11.1 Å². The zero-order valence-corrected chi connectivity index (χ0v) is 19.7. The zero-order valence-electron chi connectivity index (χ0n) is 19.7. The highest BCUT2D eigenvalue weighted by atomic mass is 16.5. The summed E-state index contributed by atoms with van der Waals surface area (Å²) in [6, 6.07) is 18.5. The van der Waals surface area contributed by atoms with Crippen LogP contribution in [-0.2, 0) is 29.0 Å². The molecule has 1 aliphatic heterocycles. The third-order valence-electron chi connectivity index (χ3n) is 6.02. The van der Waals surface area contributed by atoms with Crippen molar-refractivity contribution in [2.24, 2.45) is 0 Å². The largest absolute Gasteiger partial charge is 0.375 e. The lowest BCUT2D eigenvalue weighted by Gasteiger charge is -2.30. The summed E-state index contributed by atoms with van der Waals surface area (Å²) in [6.45, 7) is 3.42. The van der Waals surface area contributed by atoms with Gasteiger partial charge in [-0.25, -0.2) is 0 Å². The number of fused-ring (bicyclic) bond motifs is 1. The van der Waals surface area contributed by atoms with Crippen molar-refractivity contribution in [3.8, 4) is 11.3 Å². The maximum Gasteiger partial charge on any atom is 0.248 e. The van der Waals surface area contributed by atoms with Gasteiger partial charge in [-0.2, -0.15) is 0 Å². The van der Waals surface area contributed by atoms with E-state index in [2.05, 4.69) is 39.2 Å². The summed E-state index contributed by atoms with van der Waals surface area (Å²) < 4.78 is 11.1. The number of hydrogen-bond acceptors (Lipinski definition) is 6. The first-order chi connectivity index (χ1) is 16.1. The highest BCUT2D eigenvalue weighted by Crippen LogP contribution is 2.35. The second-order valence-corrected chi connectivity index (χ2v) is 8.67. The standard InChI is InChI=1S/C26H32N4O3/c1-28(2)15-16-29(24(31)19-32-3)18-23-25(21-10-5-4-6-11-21)27-33-26(23)30-14-13-20-9-7-8-12-22(20)17-30/h4-12H,13-19H2,1-3H3. The van der Waals surface area contributed by atoms with Gasteiger partial charge in [0.05, 0.1) is 12.1 Å². The van der Waals surface area contributed by atoms with Gasteiger partial charge in [0, 0.05) is 38.9 Å². The molecule has 1 aliphatic rings. The molecule has 0 unspecified atom stereocenters. The minimum atomic E-state index is -0.0468. The van der Waals surface area contributed by atoms with Gasteiger partial charge in [0.15, 0.2) is 0 Å². The lowest BCUT2D eigenvalue weighted by atomic mass is 9.99. The number of ether oxygens (including phenoxy) is 1. The second-order valence-electron chi connectivity index (χ2n) is 8.67. The number of amides is 1. The molecule has 174 valence electrons. The fourth-order valence-corrected chi connectivity index (χ4v) is 4.20. The van der Waals surface area contributed by atoms with Crippen LogP contribution in [0, 0.1) is 0 Å². The molecular formula is C26H32N4O3. The Morgan fingerprint density at radius 1 is 1.06 bits per heavy atom. The fraction of sp³-hybridized carbons (Fsp3) is 0.385. The van der Waals surface area contributed by atoms with Crippen molar-refractivity contribution in [2.75, 3.05) is 52.3 Å². The van der Waals surface area contributed by atoms with Crippen molar-refractivity contribution in [1.29, 1.82) is 0 Å². The smallest absolute Gasteiger partial charge is 0.248 e. The van der Waals surface area contributed by atoms with E-state index in [1.54, 1.807) is 7.11 Å². The maximum atomic E-state index is 12.9. The van der Waals surface area contributed by atoms with E-state index in [9.17, 15) is 4.79 Å². The first-order valence-corrected chi connectivity index (χ1v) is 11.3. The van der Waals surface area contributed by atoms with Gasteiger partial charge in [-0.15, -0.1) is 0 Å². The van der Waals surface area contributed by atoms with Gasteiger partial charge >= 0.3 is 0 Å². The molecule has 0 saturated heterocycles. The van der Waals surface area contributed by atoms with Crippen molar-refractivity contribution < 1.29 is 14.1 Å². The number of rotatable bonds is 9. The fourth-order valence-electron chi connectivity index (χ4n) is 4.20. The minimum Gasteiger partial charge on any atom is -0.375 e. The van der Waals surface area contributed by atoms with Crippen LogP contribution in [0.2, 0.25) is 0 Å². The summed E-state index contributed by atoms with van der Waals surface area (Å²) in [5.41, 5.74) is 5.37. The molecule has 0 saturated carbocycles. The molecule has 7 nitrogen and oxygen atoms in total. The quantitative estimate of drug-likeness (QED) is 0.500. The summed E-state index contributed by atoms with van der Waals surface area (Å²) >= 11 is 0. The molecule has 0 bridgehead atoms. The first-order valence-electron chi connectivity index (χ1n) is 11.3. The molecule has 1 aromatic heterocycles. The Labute approximate surface area is 195 Å². The number of methoxy groups -OCH3 is 1. The Morgan fingerprint density at radius 3 is 2.52 bits per heavy atom. The lowest BCUT2D eigenvalue weighted by Crippen LogP contribution is -2.39. The highest BCUT2D eigenvalue weighted by molar-refractivity contribution is 5.78. The van der Waals surface area contributed by atoms with Gasteiger partial charge in [0.25, 0.3) is 0 Å². The van der Waals surface area contributed by atoms with Crippen molar-refractivity contribution in [2.45, 2.75) is 19.5 Å². The molecule has 0 fully saturated rings. The zero-order chi connectivity index (χ0) is 23.2. The van der Waals surface area contributed by atoms with Crippen LogP contribution in [0.1, 0.15) is 16.7 Å². The third-order valence-corrected chi connectivity index (χ3v) is 6.02. The van der Waals surface area contributed by atoms with E-state index >= 15 is 0 Å². The monoisotopic (exact) mass is 448 g/mol. The van der Waals surface area contributed by atoms with Crippen LogP contribution in [0.4, 0.5) is 5.88 Å². The van der Waals surface area contributed by atoms with Crippen molar-refractivity contribution >= 4 is 11.8 Å². The number of aromatic nitrogens is 1. The summed E-state index contributed by atoms with van der Waals surface area (Å²) in [4.78, 5) is 19.0. The molecule has 0 atom stereocenters. The molecule has 0 N–H and O–H groups in total. The van der Waals surface area contributed by atoms with Crippen LogP contribution in [0.3, 0.4) is 0 Å². The average Bonchev–Trinajstić information content (AvgIpc) is 3.25. The number of hydrogen-bond donors (Lipinski definition) is 0. The number of carbonyl (C=O) groups excluding carboxylic acids is 1. The van der Waals surface area contributed by atoms with Crippen LogP contribution in [0.15, 0.2) is 59.1 Å². The van der Waals surface area contributed by atoms with Crippen molar-refractivity contribution in [3.63, 3.8) is 0 Å². The van der Waals surface area contributed by atoms with E-state index in [-0.39, 0.29) is 12.5 Å². The summed E-state index contributed by atoms with van der Waals surface area (Å²) in [5.74, 6) is 0.693. The number of anilines is 1. The molecule has 0 radical (unpaired) electrons. The predicted octanol–water partition coefficient (Wildman–Crippen LogP) is 3.44. The van der Waals surface area contributed by atoms with Crippen LogP contribution in [0.5, 0.6) is 0 Å². The number of likely N-dealkylation sites (N-methyl/N-ethyl adjacent to an activating group) is 1. The van der Waals surface area contributed by atoms with Gasteiger partial charge < -0.3 is 24.0 Å². The van der Waals surface area contributed by atoms with Crippen molar-refractivity contribution in [1.82, 2.24) is 15.0 Å². The average molecular weight is 449 g/mol. The summed E-state index contributed by atoms with van der Waals surface area (Å²) in [6.07, 6.45) is 0.948. The SMILES string of the molecule is COCC(=O)N(CCN(C)C)Cc1c(-c2ccccc2)noc1N1CCc2ccccc2C1. The Bertz CT molecular complexity index is 1060. The summed E-state index contributed by atoms with van der Waals surface area (Å²) in [7, 11) is 5.56. The van der Waals surface area contributed by atoms with Gasteiger partial charge in [0.1, 0.15) is 12.3 Å². The third kappa shape index (κ3) is 5.43. The Balaban J connectivity index is 1.69. The number of carbonyl (C=O) groups is 1. The first kappa shape index (κ1) is 23.0. The molecule has 0 spiro atoms. The summed E-state index contributed by atoms with van der Waals surface area (Å²) in [5, 5.41) is 4.47. The highest BCUT2D eigenvalue weighted by Gasteiger charge is 2.28. The minimum absolute atomic E-state index is 0.0468. The van der Waals surface area contributed by atoms with E-state index in [4.69, 9.17) is 9.26 Å². The van der Waals surface area contributed by atoms with E-state index < -0.39 is 0 Å². The van der Waals surface area contributed by atoms with E-state index in [0.717, 1.165) is 48.8 Å². The molecule has 4 rings (SSSR count). The van der Waals surface area contributed by atoms with Gasteiger partial charge in [-0.1, -0.05) is 59.8 Å². The molecule has 0 aliphatic carbocycles. The molecule has 7 heteroatoms. The van der Waals surface area contributed by atoms with Gasteiger partial charge in [-0.3, -0.25) is 4.79 Å². The van der Waals surface area contributed by atoms with E-state index in [0.29, 0.717) is 13.1 Å². The lowest BCUT2D eigenvalue weighted by molar-refractivity contribution is -0.135. The van der Waals surface area contributed by atoms with E-state index in [1.807, 2.05) is 49.3 Å². The number of nitrogens with zero attached hydrogens (tertiary/aromatic N) is 4. The normalized spacial score (nSPS) is 13.3. The maximum absolute atomic E-state index is 12.9. The Morgan fingerprint density at radius 2 is 1.79 bits per heavy atom. The molecule has 2 aromatic carbocycles. The van der Waals surface area contributed by atoms with Crippen molar-refractivity contribution in [3.05, 3.63) is 71.3 Å². The van der Waals surface area contributed by atoms with Gasteiger partial charge in [-0.05, 0) is 31.6 Å². The molecule has 33 heavy (non-hydrogen) atoms. The number of benzene rings is 2. The molecule has 3 aromatic rings. The molecular weight excluding hydrogens is 416 g/mol. The van der Waals surface area contributed by atoms with Crippen LogP contribution >= 0.6 is 0 Å². The Hall–Kier alpha value is -3.16. The molecule has 2 heterocycles. The topological polar surface area (TPSA) is 62.1 Å².